The zero-order valence-corrected chi connectivity index (χ0v) is 12.3. The third-order valence-electron chi connectivity index (χ3n) is 3.02. The Morgan fingerprint density at radius 3 is 2.57 bits per heavy atom. The van der Waals surface area contributed by atoms with Crippen LogP contribution in [-0.4, -0.2) is 19.6 Å². The molecule has 7 heteroatoms. The van der Waals surface area contributed by atoms with Gasteiger partial charge < -0.3 is 15.4 Å². The molecule has 0 fully saturated rings. The SMILES string of the molecule is COc1ccccc1NC(=O)CNc1cccc(C(F)(F)F)c1. The standard InChI is InChI=1S/C16H15F3N2O2/c1-23-14-8-3-2-7-13(14)21-15(22)10-20-12-6-4-5-11(9-12)16(17,18)19/h2-9,20H,10H2,1H3,(H,21,22). The lowest BCUT2D eigenvalue weighted by atomic mass is 10.2. The summed E-state index contributed by atoms with van der Waals surface area (Å²) >= 11 is 0. The average molecular weight is 324 g/mol. The highest BCUT2D eigenvalue weighted by Crippen LogP contribution is 2.30. The number of halogens is 3. The van der Waals surface area contributed by atoms with Crippen LogP contribution in [0.2, 0.25) is 0 Å². The number of nitrogens with one attached hydrogen (secondary N) is 2. The number of anilines is 2. The van der Waals surface area contributed by atoms with Crippen molar-refractivity contribution in [1.29, 1.82) is 0 Å². The molecule has 0 saturated heterocycles. The quantitative estimate of drug-likeness (QED) is 0.880. The first-order valence-corrected chi connectivity index (χ1v) is 6.74. The van der Waals surface area contributed by atoms with E-state index in [1.165, 1.54) is 19.2 Å². The molecule has 1 amide bonds. The van der Waals surface area contributed by atoms with E-state index in [2.05, 4.69) is 10.6 Å². The van der Waals surface area contributed by atoms with Gasteiger partial charge in [0.2, 0.25) is 5.91 Å². The molecule has 0 spiro atoms. The Kier molecular flexibility index (Phi) is 5.10. The Bertz CT molecular complexity index is 687. The first kappa shape index (κ1) is 16.7. The molecule has 2 aromatic rings. The van der Waals surface area contributed by atoms with Crippen LogP contribution in [0.4, 0.5) is 24.5 Å². The zero-order chi connectivity index (χ0) is 16.9. The predicted octanol–water partition coefficient (Wildman–Crippen LogP) is 3.76. The smallest absolute Gasteiger partial charge is 0.416 e. The van der Waals surface area contributed by atoms with Gasteiger partial charge in [-0.05, 0) is 30.3 Å². The van der Waals surface area contributed by atoms with Crippen LogP contribution < -0.4 is 15.4 Å². The van der Waals surface area contributed by atoms with Gasteiger partial charge in [-0.3, -0.25) is 4.79 Å². The van der Waals surface area contributed by atoms with Crippen molar-refractivity contribution in [3.63, 3.8) is 0 Å². The second-order valence-electron chi connectivity index (χ2n) is 4.68. The molecule has 0 radical (unpaired) electrons. The maximum absolute atomic E-state index is 12.6. The highest BCUT2D eigenvalue weighted by atomic mass is 19.4. The first-order valence-electron chi connectivity index (χ1n) is 6.74. The molecule has 0 unspecified atom stereocenters. The third kappa shape index (κ3) is 4.64. The number of methoxy groups -OCH3 is 1. The molecule has 2 N–H and O–H groups in total. The molecular formula is C16H15F3N2O2. The number of hydrogen-bond donors (Lipinski definition) is 2. The normalized spacial score (nSPS) is 11.0. The van der Waals surface area contributed by atoms with E-state index < -0.39 is 17.6 Å². The van der Waals surface area contributed by atoms with Crippen molar-refractivity contribution in [2.75, 3.05) is 24.3 Å². The van der Waals surface area contributed by atoms with Gasteiger partial charge in [-0.1, -0.05) is 18.2 Å². The van der Waals surface area contributed by atoms with Gasteiger partial charge in [0, 0.05) is 5.69 Å². The van der Waals surface area contributed by atoms with Gasteiger partial charge in [0.05, 0.1) is 24.9 Å². The fourth-order valence-corrected chi connectivity index (χ4v) is 1.93. The van der Waals surface area contributed by atoms with Gasteiger partial charge >= 0.3 is 6.18 Å². The number of hydrogen-bond acceptors (Lipinski definition) is 3. The minimum atomic E-state index is -4.42. The average Bonchev–Trinajstić information content (AvgIpc) is 2.53. The lowest BCUT2D eigenvalue weighted by Gasteiger charge is -2.12. The monoisotopic (exact) mass is 324 g/mol. The molecule has 0 heterocycles. The van der Waals surface area contributed by atoms with Crippen LogP contribution in [0.3, 0.4) is 0 Å². The van der Waals surface area contributed by atoms with Gasteiger partial charge in [-0.2, -0.15) is 13.2 Å². The molecule has 4 nitrogen and oxygen atoms in total. The summed E-state index contributed by atoms with van der Waals surface area (Å²) in [7, 11) is 1.48. The number of rotatable bonds is 5. The van der Waals surface area contributed by atoms with E-state index in [1.807, 2.05) is 0 Å². The van der Waals surface area contributed by atoms with E-state index in [0.717, 1.165) is 12.1 Å². The molecule has 0 aliphatic heterocycles. The van der Waals surface area contributed by atoms with E-state index in [1.54, 1.807) is 24.3 Å². The molecule has 0 aliphatic carbocycles. The van der Waals surface area contributed by atoms with Crippen LogP contribution in [0.1, 0.15) is 5.56 Å². The van der Waals surface area contributed by atoms with Crippen LogP contribution in [0.25, 0.3) is 0 Å². The van der Waals surface area contributed by atoms with Crippen molar-refractivity contribution in [2.45, 2.75) is 6.18 Å². The summed E-state index contributed by atoms with van der Waals surface area (Å²) in [5, 5.41) is 5.29. The van der Waals surface area contributed by atoms with Crippen molar-refractivity contribution < 1.29 is 22.7 Å². The third-order valence-corrected chi connectivity index (χ3v) is 3.02. The van der Waals surface area contributed by atoms with Crippen molar-refractivity contribution in [1.82, 2.24) is 0 Å². The van der Waals surface area contributed by atoms with Gasteiger partial charge in [0.15, 0.2) is 0 Å². The van der Waals surface area contributed by atoms with Gasteiger partial charge in [0.25, 0.3) is 0 Å². The minimum Gasteiger partial charge on any atom is -0.495 e. The molecule has 0 aliphatic rings. The van der Waals surface area contributed by atoms with Crippen molar-refractivity contribution >= 4 is 17.3 Å². The Labute approximate surface area is 131 Å². The Morgan fingerprint density at radius 1 is 1.13 bits per heavy atom. The number of carbonyl (C=O) groups is 1. The Balaban J connectivity index is 1.97. The summed E-state index contributed by atoms with van der Waals surface area (Å²) in [5.74, 6) is 0.104. The van der Waals surface area contributed by atoms with Gasteiger partial charge in [0.1, 0.15) is 5.75 Å². The summed E-state index contributed by atoms with van der Waals surface area (Å²) in [5.41, 5.74) is -0.0616. The maximum Gasteiger partial charge on any atom is 0.416 e. The molecule has 2 aromatic carbocycles. The summed E-state index contributed by atoms with van der Waals surface area (Å²) in [6, 6.07) is 11.5. The van der Waals surface area contributed by atoms with Crippen LogP contribution in [-0.2, 0) is 11.0 Å². The molecule has 0 aromatic heterocycles. The van der Waals surface area contributed by atoms with E-state index in [0.29, 0.717) is 11.4 Å². The molecular weight excluding hydrogens is 309 g/mol. The number of amides is 1. The van der Waals surface area contributed by atoms with Crippen LogP contribution in [0.15, 0.2) is 48.5 Å². The van der Waals surface area contributed by atoms with Crippen LogP contribution in [0, 0.1) is 0 Å². The van der Waals surface area contributed by atoms with E-state index in [4.69, 9.17) is 4.74 Å². The zero-order valence-electron chi connectivity index (χ0n) is 12.3. The lowest BCUT2D eigenvalue weighted by molar-refractivity contribution is -0.137. The first-order chi connectivity index (χ1) is 10.9. The van der Waals surface area contributed by atoms with Crippen molar-refractivity contribution in [3.05, 3.63) is 54.1 Å². The number of benzene rings is 2. The highest BCUT2D eigenvalue weighted by Gasteiger charge is 2.30. The summed E-state index contributed by atoms with van der Waals surface area (Å²) < 4.78 is 43.0. The largest absolute Gasteiger partial charge is 0.495 e. The van der Waals surface area contributed by atoms with Gasteiger partial charge in [-0.25, -0.2) is 0 Å². The lowest BCUT2D eigenvalue weighted by Crippen LogP contribution is -2.22. The van der Waals surface area contributed by atoms with E-state index in [9.17, 15) is 18.0 Å². The Morgan fingerprint density at radius 2 is 1.87 bits per heavy atom. The second kappa shape index (κ2) is 7.04. The summed E-state index contributed by atoms with van der Waals surface area (Å²) in [4.78, 5) is 11.9. The molecule has 0 atom stereocenters. The molecule has 2 rings (SSSR count). The predicted molar refractivity (Wildman–Crippen MR) is 81.6 cm³/mol. The number of ether oxygens (including phenoxy) is 1. The van der Waals surface area contributed by atoms with Crippen LogP contribution >= 0.6 is 0 Å². The fraction of sp³-hybridized carbons (Fsp3) is 0.188. The second-order valence-corrected chi connectivity index (χ2v) is 4.68. The van der Waals surface area contributed by atoms with Crippen LogP contribution in [0.5, 0.6) is 5.75 Å². The molecule has 23 heavy (non-hydrogen) atoms. The summed E-state index contributed by atoms with van der Waals surface area (Å²) in [6.45, 7) is -0.167. The van der Waals surface area contributed by atoms with Crippen molar-refractivity contribution in [2.24, 2.45) is 0 Å². The van der Waals surface area contributed by atoms with Gasteiger partial charge in [-0.15, -0.1) is 0 Å². The maximum atomic E-state index is 12.6. The fourth-order valence-electron chi connectivity index (χ4n) is 1.93. The topological polar surface area (TPSA) is 50.4 Å². The number of alkyl halides is 3. The number of para-hydroxylation sites is 2. The Hall–Kier alpha value is -2.70. The molecule has 0 saturated carbocycles. The molecule has 0 bridgehead atoms. The summed E-state index contributed by atoms with van der Waals surface area (Å²) in [6.07, 6.45) is -4.42. The molecule has 122 valence electrons. The van der Waals surface area contributed by atoms with E-state index in [-0.39, 0.29) is 12.2 Å². The minimum absolute atomic E-state index is 0.167. The number of carbonyl (C=O) groups excluding carboxylic acids is 1. The van der Waals surface area contributed by atoms with Crippen molar-refractivity contribution in [3.8, 4) is 5.75 Å². The van der Waals surface area contributed by atoms with E-state index >= 15 is 0 Å². The highest BCUT2D eigenvalue weighted by molar-refractivity contribution is 5.95.